The van der Waals surface area contributed by atoms with Crippen molar-refractivity contribution in [2.24, 2.45) is 0 Å². The highest BCUT2D eigenvalue weighted by atomic mass is 32.2. The molecule has 0 aliphatic carbocycles. The molecule has 7 nitrogen and oxygen atoms in total. The van der Waals surface area contributed by atoms with Crippen LogP contribution in [0.15, 0.2) is 48.5 Å². The van der Waals surface area contributed by atoms with Crippen LogP contribution in [0.5, 0.6) is 11.5 Å². The van der Waals surface area contributed by atoms with Crippen molar-refractivity contribution in [2.45, 2.75) is 51.6 Å². The minimum atomic E-state index is -3.56. The van der Waals surface area contributed by atoms with Crippen molar-refractivity contribution in [3.63, 3.8) is 0 Å². The summed E-state index contributed by atoms with van der Waals surface area (Å²) in [6, 6.07) is 14.4. The third-order valence-electron chi connectivity index (χ3n) is 4.93. The predicted octanol–water partition coefficient (Wildman–Crippen LogP) is 4.33. The van der Waals surface area contributed by atoms with Gasteiger partial charge in [0.15, 0.2) is 6.10 Å². The normalized spacial score (nSPS) is 12.2. The first-order chi connectivity index (χ1) is 15.8. The summed E-state index contributed by atoms with van der Waals surface area (Å²) in [6.07, 6.45) is 5.76. The molecule has 0 aliphatic rings. The standard InChI is InChI=1S/C25H34O7S/c1-4-5-6-7-16-31-24(25(26)29-2)19-21-11-13-22(14-12-21)30-17-15-20-9-8-10-23(18-20)32-33(3,27)28/h8-14,18,24H,4-7,15-17,19H2,1-3H3. The Hall–Kier alpha value is -2.58. The van der Waals surface area contributed by atoms with Gasteiger partial charge in [-0.3, -0.25) is 0 Å². The lowest BCUT2D eigenvalue weighted by molar-refractivity contribution is -0.154. The number of carbonyl (C=O) groups excluding carboxylic acids is 1. The van der Waals surface area contributed by atoms with Crippen LogP contribution >= 0.6 is 0 Å². The molecule has 0 aromatic heterocycles. The van der Waals surface area contributed by atoms with Crippen molar-refractivity contribution < 1.29 is 31.6 Å². The maximum absolute atomic E-state index is 12.1. The molecule has 8 heteroatoms. The lowest BCUT2D eigenvalue weighted by Gasteiger charge is -2.16. The number of hydrogen-bond acceptors (Lipinski definition) is 7. The first-order valence-electron chi connectivity index (χ1n) is 11.2. The van der Waals surface area contributed by atoms with Crippen LogP contribution in [0.3, 0.4) is 0 Å². The van der Waals surface area contributed by atoms with E-state index in [-0.39, 0.29) is 11.7 Å². The number of esters is 1. The lowest BCUT2D eigenvalue weighted by atomic mass is 10.1. The molecular weight excluding hydrogens is 444 g/mol. The molecule has 1 unspecified atom stereocenters. The highest BCUT2D eigenvalue weighted by molar-refractivity contribution is 7.86. The van der Waals surface area contributed by atoms with Crippen LogP contribution < -0.4 is 8.92 Å². The van der Waals surface area contributed by atoms with E-state index < -0.39 is 16.2 Å². The van der Waals surface area contributed by atoms with E-state index in [9.17, 15) is 13.2 Å². The molecule has 0 spiro atoms. The average molecular weight is 479 g/mol. The van der Waals surface area contributed by atoms with E-state index in [1.54, 1.807) is 18.2 Å². The minimum Gasteiger partial charge on any atom is -0.493 e. The zero-order chi connectivity index (χ0) is 24.1. The van der Waals surface area contributed by atoms with Gasteiger partial charge in [-0.25, -0.2) is 4.79 Å². The average Bonchev–Trinajstić information content (AvgIpc) is 2.78. The fourth-order valence-electron chi connectivity index (χ4n) is 3.25. The fourth-order valence-corrected chi connectivity index (χ4v) is 3.70. The Balaban J connectivity index is 1.83. The van der Waals surface area contributed by atoms with E-state index in [0.717, 1.165) is 43.1 Å². The van der Waals surface area contributed by atoms with Gasteiger partial charge < -0.3 is 18.4 Å². The van der Waals surface area contributed by atoms with Crippen molar-refractivity contribution in [3.05, 3.63) is 59.7 Å². The third-order valence-corrected chi connectivity index (χ3v) is 5.43. The smallest absolute Gasteiger partial charge is 0.335 e. The van der Waals surface area contributed by atoms with Gasteiger partial charge in [-0.2, -0.15) is 8.42 Å². The van der Waals surface area contributed by atoms with Gasteiger partial charge in [0.05, 0.1) is 20.0 Å². The fraction of sp³-hybridized carbons (Fsp3) is 0.480. The van der Waals surface area contributed by atoms with E-state index >= 15 is 0 Å². The number of rotatable bonds is 15. The van der Waals surface area contributed by atoms with Crippen LogP contribution in [-0.2, 0) is 37.2 Å². The molecule has 1 atom stereocenters. The number of methoxy groups -OCH3 is 1. The summed E-state index contributed by atoms with van der Waals surface area (Å²) in [6.45, 7) is 3.12. The first kappa shape index (κ1) is 26.7. The SMILES string of the molecule is CCCCCCOC(Cc1ccc(OCCc2cccc(OS(C)(=O)=O)c2)cc1)C(=O)OC. The van der Waals surface area contributed by atoms with Crippen LogP contribution in [0.4, 0.5) is 0 Å². The molecule has 182 valence electrons. The summed E-state index contributed by atoms with van der Waals surface area (Å²) in [4.78, 5) is 12.1. The Morgan fingerprint density at radius 2 is 1.70 bits per heavy atom. The van der Waals surface area contributed by atoms with Crippen molar-refractivity contribution in [3.8, 4) is 11.5 Å². The molecule has 0 bridgehead atoms. The highest BCUT2D eigenvalue weighted by Crippen LogP contribution is 2.18. The Morgan fingerprint density at radius 3 is 2.36 bits per heavy atom. The number of benzene rings is 2. The molecular formula is C25H34O7S. The minimum absolute atomic E-state index is 0.284. The van der Waals surface area contributed by atoms with E-state index in [1.807, 2.05) is 30.3 Å². The van der Waals surface area contributed by atoms with Gasteiger partial charge >= 0.3 is 16.1 Å². The number of ether oxygens (including phenoxy) is 3. The Labute approximate surface area is 197 Å². The van der Waals surface area contributed by atoms with Gasteiger partial charge in [0.2, 0.25) is 0 Å². The summed E-state index contributed by atoms with van der Waals surface area (Å²) in [5.74, 6) is 0.623. The van der Waals surface area contributed by atoms with E-state index in [1.165, 1.54) is 7.11 Å². The molecule has 2 aromatic carbocycles. The maximum atomic E-state index is 12.1. The molecule has 0 saturated heterocycles. The summed E-state index contributed by atoms with van der Waals surface area (Å²) < 4.78 is 43.9. The zero-order valence-electron chi connectivity index (χ0n) is 19.6. The van der Waals surface area contributed by atoms with Gasteiger partial charge in [-0.1, -0.05) is 50.5 Å². The zero-order valence-corrected chi connectivity index (χ0v) is 20.4. The van der Waals surface area contributed by atoms with E-state index in [4.69, 9.17) is 18.4 Å². The molecule has 0 fully saturated rings. The van der Waals surface area contributed by atoms with Gasteiger partial charge in [0.1, 0.15) is 11.5 Å². The van der Waals surface area contributed by atoms with E-state index in [0.29, 0.717) is 31.8 Å². The van der Waals surface area contributed by atoms with Crippen molar-refractivity contribution in [2.75, 3.05) is 26.6 Å². The van der Waals surface area contributed by atoms with Crippen LogP contribution in [-0.4, -0.2) is 47.1 Å². The van der Waals surface area contributed by atoms with Crippen LogP contribution in [0.25, 0.3) is 0 Å². The van der Waals surface area contributed by atoms with Crippen LogP contribution in [0, 0.1) is 0 Å². The van der Waals surface area contributed by atoms with Crippen LogP contribution in [0.1, 0.15) is 43.7 Å². The summed E-state index contributed by atoms with van der Waals surface area (Å²) in [5, 5.41) is 0. The third kappa shape index (κ3) is 10.7. The largest absolute Gasteiger partial charge is 0.493 e. The lowest BCUT2D eigenvalue weighted by Crippen LogP contribution is -2.28. The number of carbonyl (C=O) groups is 1. The molecule has 0 N–H and O–H groups in total. The maximum Gasteiger partial charge on any atom is 0.335 e. The number of hydrogen-bond donors (Lipinski definition) is 0. The molecule has 2 aromatic rings. The predicted molar refractivity (Wildman–Crippen MR) is 127 cm³/mol. The summed E-state index contributed by atoms with van der Waals surface area (Å²) >= 11 is 0. The monoisotopic (exact) mass is 478 g/mol. The first-order valence-corrected chi connectivity index (χ1v) is 13.0. The molecule has 0 amide bonds. The number of unbranched alkanes of at least 4 members (excludes halogenated alkanes) is 3. The van der Waals surface area contributed by atoms with Gasteiger partial charge in [-0.15, -0.1) is 0 Å². The van der Waals surface area contributed by atoms with Gasteiger partial charge in [-0.05, 0) is 41.8 Å². The topological polar surface area (TPSA) is 88.1 Å². The summed E-state index contributed by atoms with van der Waals surface area (Å²) in [5.41, 5.74) is 1.86. The second-order valence-corrected chi connectivity index (χ2v) is 9.40. The second-order valence-electron chi connectivity index (χ2n) is 7.82. The second kappa shape index (κ2) is 13.9. The summed E-state index contributed by atoms with van der Waals surface area (Å²) in [7, 11) is -2.19. The molecule has 0 aliphatic heterocycles. The van der Waals surface area contributed by atoms with Crippen LogP contribution in [0.2, 0.25) is 0 Å². The Kier molecular flexibility index (Phi) is 11.2. The Morgan fingerprint density at radius 1 is 0.939 bits per heavy atom. The molecule has 0 heterocycles. The van der Waals surface area contributed by atoms with Gasteiger partial charge in [0, 0.05) is 19.4 Å². The van der Waals surface area contributed by atoms with Gasteiger partial charge in [0.25, 0.3) is 0 Å². The molecule has 0 radical (unpaired) electrons. The van der Waals surface area contributed by atoms with Crippen molar-refractivity contribution >= 4 is 16.1 Å². The van der Waals surface area contributed by atoms with Crippen molar-refractivity contribution in [1.29, 1.82) is 0 Å². The van der Waals surface area contributed by atoms with E-state index in [2.05, 4.69) is 6.92 Å². The molecule has 33 heavy (non-hydrogen) atoms. The Bertz CT molecular complexity index is 955. The van der Waals surface area contributed by atoms with Crippen molar-refractivity contribution in [1.82, 2.24) is 0 Å². The quantitative estimate of drug-likeness (QED) is 0.214. The highest BCUT2D eigenvalue weighted by Gasteiger charge is 2.20. The molecule has 2 rings (SSSR count). The molecule has 0 saturated carbocycles.